The molecule has 5 heteroatoms. The fourth-order valence-corrected chi connectivity index (χ4v) is 4.53. The summed E-state index contributed by atoms with van der Waals surface area (Å²) in [4.78, 5) is 12.1. The van der Waals surface area contributed by atoms with Gasteiger partial charge in [-0.25, -0.2) is 9.97 Å². The quantitative estimate of drug-likeness (QED) is 0.718. The molecule has 2 heterocycles. The highest BCUT2D eigenvalue weighted by molar-refractivity contribution is 5.52. The van der Waals surface area contributed by atoms with Crippen molar-refractivity contribution in [3.63, 3.8) is 0 Å². The van der Waals surface area contributed by atoms with Crippen molar-refractivity contribution in [2.45, 2.75) is 90.3 Å². The van der Waals surface area contributed by atoms with Crippen LogP contribution in [0.3, 0.4) is 0 Å². The molecule has 4 rings (SSSR count). The van der Waals surface area contributed by atoms with Crippen LogP contribution < -0.4 is 10.2 Å². The summed E-state index contributed by atoms with van der Waals surface area (Å²) in [6, 6.07) is 9.06. The Hall–Kier alpha value is -2.14. The maximum Gasteiger partial charge on any atom is 0.135 e. The zero-order valence-electron chi connectivity index (χ0n) is 18.9. The molecule has 0 amide bonds. The largest absolute Gasteiger partial charge is 0.386 e. The highest BCUT2D eigenvalue weighted by Gasteiger charge is 2.23. The molecular weight excluding hydrogens is 372 g/mol. The number of rotatable bonds is 5. The summed E-state index contributed by atoms with van der Waals surface area (Å²) in [6.07, 6.45) is 7.40. The molecular formula is C25H36N4O. The van der Waals surface area contributed by atoms with Crippen LogP contribution in [0.25, 0.3) is 0 Å². The number of nitrogens with one attached hydrogen (secondary N) is 1. The third-order valence-corrected chi connectivity index (χ3v) is 6.45. The number of nitrogens with zero attached hydrogens (tertiary/aromatic N) is 3. The Kier molecular flexibility index (Phi) is 6.01. The molecule has 1 aliphatic carbocycles. The Morgan fingerprint density at radius 3 is 2.53 bits per heavy atom. The lowest BCUT2D eigenvalue weighted by Crippen LogP contribution is -2.32. The predicted octanol–water partition coefficient (Wildman–Crippen LogP) is 5.13. The lowest BCUT2D eigenvalue weighted by molar-refractivity contribution is 0.0785. The molecule has 30 heavy (non-hydrogen) atoms. The summed E-state index contributed by atoms with van der Waals surface area (Å²) >= 11 is 0. The number of anilines is 2. The van der Waals surface area contributed by atoms with E-state index in [4.69, 9.17) is 9.97 Å². The number of hydrogen-bond acceptors (Lipinski definition) is 5. The molecule has 1 fully saturated rings. The van der Waals surface area contributed by atoms with Crippen molar-refractivity contribution >= 4 is 11.6 Å². The van der Waals surface area contributed by atoms with E-state index >= 15 is 0 Å². The molecule has 2 aromatic rings. The normalized spacial score (nSPS) is 17.9. The van der Waals surface area contributed by atoms with Crippen molar-refractivity contribution < 1.29 is 5.11 Å². The van der Waals surface area contributed by atoms with Crippen molar-refractivity contribution in [3.8, 4) is 0 Å². The third kappa shape index (κ3) is 4.77. The number of fused-ring (bicyclic) bond motifs is 1. The summed E-state index contributed by atoms with van der Waals surface area (Å²) < 4.78 is 0. The maximum atomic E-state index is 10.3. The van der Waals surface area contributed by atoms with Gasteiger partial charge in [0.15, 0.2) is 0 Å². The van der Waals surface area contributed by atoms with Crippen LogP contribution in [0, 0.1) is 0 Å². The SMILES string of the molecule is CC(C)c1nc(NC2CCCCC2)cc(N2CCc3cc(C(C)(C)O)ccc3C2)n1. The van der Waals surface area contributed by atoms with Gasteiger partial charge < -0.3 is 15.3 Å². The summed E-state index contributed by atoms with van der Waals surface area (Å²) in [5, 5.41) is 14.0. The molecule has 0 radical (unpaired) electrons. The van der Waals surface area contributed by atoms with Crippen LogP contribution >= 0.6 is 0 Å². The second-order valence-corrected chi connectivity index (χ2v) is 9.82. The summed E-state index contributed by atoms with van der Waals surface area (Å²) in [7, 11) is 0. The Balaban J connectivity index is 1.57. The van der Waals surface area contributed by atoms with Crippen molar-refractivity contribution in [2.24, 2.45) is 0 Å². The smallest absolute Gasteiger partial charge is 0.135 e. The Bertz CT molecular complexity index is 881. The summed E-state index contributed by atoms with van der Waals surface area (Å²) in [5.74, 6) is 3.19. The van der Waals surface area contributed by atoms with E-state index in [1.54, 1.807) is 0 Å². The zero-order chi connectivity index (χ0) is 21.3. The zero-order valence-corrected chi connectivity index (χ0v) is 18.9. The van der Waals surface area contributed by atoms with E-state index in [-0.39, 0.29) is 0 Å². The van der Waals surface area contributed by atoms with Gasteiger partial charge in [0.05, 0.1) is 5.60 Å². The predicted molar refractivity (Wildman–Crippen MR) is 123 cm³/mol. The van der Waals surface area contributed by atoms with Gasteiger partial charge in [0.2, 0.25) is 0 Å². The van der Waals surface area contributed by atoms with E-state index in [0.717, 1.165) is 42.5 Å². The van der Waals surface area contributed by atoms with Gasteiger partial charge in [-0.3, -0.25) is 0 Å². The molecule has 1 aliphatic heterocycles. The van der Waals surface area contributed by atoms with E-state index < -0.39 is 5.60 Å². The van der Waals surface area contributed by atoms with Crippen molar-refractivity contribution in [1.29, 1.82) is 0 Å². The third-order valence-electron chi connectivity index (χ3n) is 6.45. The first-order valence-corrected chi connectivity index (χ1v) is 11.5. The van der Waals surface area contributed by atoms with Crippen LogP contribution in [-0.4, -0.2) is 27.7 Å². The minimum absolute atomic E-state index is 0.295. The highest BCUT2D eigenvalue weighted by Crippen LogP contribution is 2.30. The molecule has 0 unspecified atom stereocenters. The molecule has 1 saturated carbocycles. The van der Waals surface area contributed by atoms with Crippen molar-refractivity contribution in [1.82, 2.24) is 9.97 Å². The van der Waals surface area contributed by atoms with Gasteiger partial charge in [-0.05, 0) is 49.8 Å². The van der Waals surface area contributed by atoms with E-state index in [2.05, 4.69) is 48.3 Å². The molecule has 1 aromatic heterocycles. The molecule has 162 valence electrons. The van der Waals surface area contributed by atoms with Crippen LogP contribution in [0.15, 0.2) is 24.3 Å². The van der Waals surface area contributed by atoms with Crippen molar-refractivity contribution in [2.75, 3.05) is 16.8 Å². The van der Waals surface area contributed by atoms with Crippen molar-refractivity contribution in [3.05, 3.63) is 46.8 Å². The summed E-state index contributed by atoms with van der Waals surface area (Å²) in [6.45, 7) is 9.79. The van der Waals surface area contributed by atoms with Gasteiger partial charge in [0.25, 0.3) is 0 Å². The molecule has 0 saturated heterocycles. The fraction of sp³-hybridized carbons (Fsp3) is 0.600. The van der Waals surface area contributed by atoms with Gasteiger partial charge >= 0.3 is 0 Å². The molecule has 2 N–H and O–H groups in total. The fourth-order valence-electron chi connectivity index (χ4n) is 4.53. The van der Waals surface area contributed by atoms with E-state index in [9.17, 15) is 5.11 Å². The second-order valence-electron chi connectivity index (χ2n) is 9.82. The van der Waals surface area contributed by atoms with E-state index in [1.165, 1.54) is 43.2 Å². The van der Waals surface area contributed by atoms with Crippen LogP contribution in [0.2, 0.25) is 0 Å². The minimum atomic E-state index is -0.801. The van der Waals surface area contributed by atoms with Crippen LogP contribution in [0.5, 0.6) is 0 Å². The highest BCUT2D eigenvalue weighted by atomic mass is 16.3. The second kappa shape index (κ2) is 8.54. The van der Waals surface area contributed by atoms with E-state index in [0.29, 0.717) is 12.0 Å². The monoisotopic (exact) mass is 408 g/mol. The van der Waals surface area contributed by atoms with Gasteiger partial charge in [0, 0.05) is 31.1 Å². The molecule has 2 aliphatic rings. The van der Waals surface area contributed by atoms with Gasteiger partial charge in [0.1, 0.15) is 17.5 Å². The van der Waals surface area contributed by atoms with Gasteiger partial charge in [-0.15, -0.1) is 0 Å². The molecule has 0 atom stereocenters. The first-order valence-electron chi connectivity index (χ1n) is 11.5. The average Bonchev–Trinajstić information content (AvgIpc) is 2.73. The average molecular weight is 409 g/mol. The van der Waals surface area contributed by atoms with Crippen LogP contribution in [0.4, 0.5) is 11.6 Å². The maximum absolute atomic E-state index is 10.3. The Labute approximate surface area is 180 Å². The molecule has 1 aromatic carbocycles. The number of benzene rings is 1. The number of aliphatic hydroxyl groups is 1. The topological polar surface area (TPSA) is 61.3 Å². The lowest BCUT2D eigenvalue weighted by atomic mass is 9.91. The first-order chi connectivity index (χ1) is 14.3. The number of hydrogen-bond donors (Lipinski definition) is 2. The summed E-state index contributed by atoms with van der Waals surface area (Å²) in [5.41, 5.74) is 2.84. The first kappa shape index (κ1) is 21.1. The standard InChI is InChI=1S/C25H36N4O/c1-17(2)24-27-22(26-21-8-6-5-7-9-21)15-23(28-24)29-13-12-18-14-20(25(3,4)30)11-10-19(18)16-29/h10-11,14-15,17,21,30H,5-9,12-13,16H2,1-4H3,(H,26,27,28). The van der Waals surface area contributed by atoms with E-state index in [1.807, 2.05) is 13.8 Å². The number of aromatic nitrogens is 2. The molecule has 0 spiro atoms. The van der Waals surface area contributed by atoms with Crippen LogP contribution in [0.1, 0.15) is 88.2 Å². The lowest BCUT2D eigenvalue weighted by Gasteiger charge is -2.32. The van der Waals surface area contributed by atoms with Gasteiger partial charge in [-0.1, -0.05) is 51.3 Å². The molecule has 5 nitrogen and oxygen atoms in total. The minimum Gasteiger partial charge on any atom is -0.386 e. The van der Waals surface area contributed by atoms with Gasteiger partial charge in [-0.2, -0.15) is 0 Å². The Morgan fingerprint density at radius 2 is 1.83 bits per heavy atom. The van der Waals surface area contributed by atoms with Crippen LogP contribution in [-0.2, 0) is 18.6 Å². The molecule has 0 bridgehead atoms. The Morgan fingerprint density at radius 1 is 1.07 bits per heavy atom.